The zero-order valence-electron chi connectivity index (χ0n) is 10.3. The van der Waals surface area contributed by atoms with Gasteiger partial charge < -0.3 is 10.6 Å². The van der Waals surface area contributed by atoms with E-state index in [1.165, 1.54) is 18.5 Å². The van der Waals surface area contributed by atoms with E-state index >= 15 is 0 Å². The molecule has 0 spiro atoms. The molecule has 1 aromatic carbocycles. The van der Waals surface area contributed by atoms with E-state index in [4.69, 9.17) is 17.3 Å². The largest absolute Gasteiger partial charge is 0.399 e. The first-order valence-electron chi connectivity index (χ1n) is 6.09. The predicted octanol–water partition coefficient (Wildman–Crippen LogP) is 2.06. The number of likely N-dealkylation sites (N-methyl/N-ethyl adjacent to an activating group) is 1. The van der Waals surface area contributed by atoms with Crippen molar-refractivity contribution < 1.29 is 0 Å². The lowest BCUT2D eigenvalue weighted by Gasteiger charge is -2.20. The average molecular weight is 254 g/mol. The molecule has 0 unspecified atom stereocenters. The van der Waals surface area contributed by atoms with Crippen LogP contribution in [-0.2, 0) is 6.54 Å². The number of hydrogen-bond donors (Lipinski definition) is 1. The number of anilines is 1. The smallest absolute Gasteiger partial charge is 0.0429 e. The fourth-order valence-corrected chi connectivity index (χ4v) is 2.55. The van der Waals surface area contributed by atoms with Crippen LogP contribution < -0.4 is 5.73 Å². The van der Waals surface area contributed by atoms with Gasteiger partial charge in [0.25, 0.3) is 0 Å². The molecule has 0 aliphatic carbocycles. The highest BCUT2D eigenvalue weighted by Crippen LogP contribution is 2.18. The normalized spacial score (nSPS) is 19.2. The fourth-order valence-electron chi connectivity index (χ4n) is 2.28. The van der Waals surface area contributed by atoms with Crippen molar-refractivity contribution >= 4 is 17.3 Å². The number of rotatable bonds is 2. The van der Waals surface area contributed by atoms with Crippen LogP contribution in [0.1, 0.15) is 12.0 Å². The van der Waals surface area contributed by atoms with Gasteiger partial charge in [-0.25, -0.2) is 0 Å². The van der Waals surface area contributed by atoms with Gasteiger partial charge in [-0.3, -0.25) is 4.90 Å². The van der Waals surface area contributed by atoms with Crippen LogP contribution in [0, 0.1) is 0 Å². The van der Waals surface area contributed by atoms with E-state index in [1.807, 2.05) is 12.1 Å². The third-order valence-electron chi connectivity index (χ3n) is 3.20. The number of nitrogens with zero attached hydrogens (tertiary/aromatic N) is 2. The van der Waals surface area contributed by atoms with Crippen molar-refractivity contribution in [3.8, 4) is 0 Å². The highest BCUT2D eigenvalue weighted by molar-refractivity contribution is 6.30. The second-order valence-electron chi connectivity index (χ2n) is 4.83. The van der Waals surface area contributed by atoms with Crippen LogP contribution in [-0.4, -0.2) is 43.0 Å². The first-order chi connectivity index (χ1) is 8.13. The molecule has 1 heterocycles. The number of hydrogen-bond acceptors (Lipinski definition) is 3. The summed E-state index contributed by atoms with van der Waals surface area (Å²) in [7, 11) is 2.18. The van der Waals surface area contributed by atoms with Crippen LogP contribution in [0.4, 0.5) is 5.69 Å². The molecule has 94 valence electrons. The van der Waals surface area contributed by atoms with E-state index < -0.39 is 0 Å². The first-order valence-corrected chi connectivity index (χ1v) is 6.47. The molecule has 0 bridgehead atoms. The third-order valence-corrected chi connectivity index (χ3v) is 3.42. The first kappa shape index (κ1) is 12.7. The molecular formula is C13H20ClN3. The zero-order chi connectivity index (χ0) is 12.3. The van der Waals surface area contributed by atoms with E-state index in [0.29, 0.717) is 0 Å². The Morgan fingerprint density at radius 1 is 1.18 bits per heavy atom. The maximum Gasteiger partial charge on any atom is 0.0429 e. The summed E-state index contributed by atoms with van der Waals surface area (Å²) in [6, 6.07) is 5.81. The molecule has 2 N–H and O–H groups in total. The number of nitrogens with two attached hydrogens (primary N) is 1. The van der Waals surface area contributed by atoms with Crippen molar-refractivity contribution in [2.45, 2.75) is 13.0 Å². The minimum Gasteiger partial charge on any atom is -0.399 e. The van der Waals surface area contributed by atoms with E-state index in [0.717, 1.165) is 36.9 Å². The van der Waals surface area contributed by atoms with Gasteiger partial charge >= 0.3 is 0 Å². The summed E-state index contributed by atoms with van der Waals surface area (Å²) in [5, 5.41) is 0.729. The molecule has 0 atom stereocenters. The van der Waals surface area contributed by atoms with Crippen molar-refractivity contribution in [2.75, 3.05) is 39.0 Å². The SMILES string of the molecule is CN1CCCN(Cc2cc(N)cc(Cl)c2)CC1. The van der Waals surface area contributed by atoms with E-state index in [-0.39, 0.29) is 0 Å². The minimum atomic E-state index is 0.729. The molecule has 1 fully saturated rings. The summed E-state index contributed by atoms with van der Waals surface area (Å²) in [6.45, 7) is 5.53. The molecule has 1 aliphatic heterocycles. The van der Waals surface area contributed by atoms with Crippen molar-refractivity contribution in [2.24, 2.45) is 0 Å². The van der Waals surface area contributed by atoms with Crippen molar-refractivity contribution in [1.29, 1.82) is 0 Å². The van der Waals surface area contributed by atoms with E-state index in [1.54, 1.807) is 6.07 Å². The Morgan fingerprint density at radius 3 is 2.76 bits per heavy atom. The molecule has 1 aliphatic rings. The fraction of sp³-hybridized carbons (Fsp3) is 0.538. The van der Waals surface area contributed by atoms with Crippen molar-refractivity contribution in [3.05, 3.63) is 28.8 Å². The van der Waals surface area contributed by atoms with Crippen LogP contribution in [0.5, 0.6) is 0 Å². The molecule has 0 radical (unpaired) electrons. The molecular weight excluding hydrogens is 234 g/mol. The summed E-state index contributed by atoms with van der Waals surface area (Å²) in [5.41, 5.74) is 7.76. The van der Waals surface area contributed by atoms with Crippen LogP contribution >= 0.6 is 11.6 Å². The number of halogens is 1. The molecule has 0 amide bonds. The van der Waals surface area contributed by atoms with E-state index in [2.05, 4.69) is 16.8 Å². The van der Waals surface area contributed by atoms with Crippen molar-refractivity contribution in [1.82, 2.24) is 9.80 Å². The van der Waals surface area contributed by atoms with Crippen LogP contribution in [0.2, 0.25) is 5.02 Å². The van der Waals surface area contributed by atoms with Gasteiger partial charge in [0.05, 0.1) is 0 Å². The van der Waals surface area contributed by atoms with Gasteiger partial charge in [0.1, 0.15) is 0 Å². The van der Waals surface area contributed by atoms with Crippen LogP contribution in [0.25, 0.3) is 0 Å². The summed E-state index contributed by atoms with van der Waals surface area (Å²) >= 11 is 6.02. The van der Waals surface area contributed by atoms with Crippen LogP contribution in [0.3, 0.4) is 0 Å². The third kappa shape index (κ3) is 3.87. The minimum absolute atomic E-state index is 0.729. The highest BCUT2D eigenvalue weighted by atomic mass is 35.5. The van der Waals surface area contributed by atoms with Gasteiger partial charge in [-0.2, -0.15) is 0 Å². The molecule has 1 saturated heterocycles. The van der Waals surface area contributed by atoms with Gasteiger partial charge in [0, 0.05) is 30.3 Å². The Bertz CT molecular complexity index is 361. The Hall–Kier alpha value is -0.770. The van der Waals surface area contributed by atoms with Gasteiger partial charge in [-0.05, 0) is 50.3 Å². The predicted molar refractivity (Wildman–Crippen MR) is 73.3 cm³/mol. The topological polar surface area (TPSA) is 32.5 Å². The van der Waals surface area contributed by atoms with Gasteiger partial charge in [-0.1, -0.05) is 11.6 Å². The zero-order valence-corrected chi connectivity index (χ0v) is 11.1. The Balaban J connectivity index is 1.99. The molecule has 0 aromatic heterocycles. The summed E-state index contributed by atoms with van der Waals surface area (Å²) < 4.78 is 0. The highest BCUT2D eigenvalue weighted by Gasteiger charge is 2.12. The Labute approximate surface area is 108 Å². The quantitative estimate of drug-likeness (QED) is 0.819. The number of nitrogen functional groups attached to an aromatic ring is 1. The van der Waals surface area contributed by atoms with Crippen molar-refractivity contribution in [3.63, 3.8) is 0 Å². The Kier molecular flexibility index (Phi) is 4.26. The molecule has 1 aromatic rings. The van der Waals surface area contributed by atoms with E-state index in [9.17, 15) is 0 Å². The summed E-state index contributed by atoms with van der Waals surface area (Å²) in [6.07, 6.45) is 1.23. The maximum absolute atomic E-state index is 6.02. The lowest BCUT2D eigenvalue weighted by Crippen LogP contribution is -2.28. The monoisotopic (exact) mass is 253 g/mol. The molecule has 3 nitrogen and oxygen atoms in total. The van der Waals surface area contributed by atoms with Gasteiger partial charge in [-0.15, -0.1) is 0 Å². The summed E-state index contributed by atoms with van der Waals surface area (Å²) in [5.74, 6) is 0. The second kappa shape index (κ2) is 5.71. The molecule has 17 heavy (non-hydrogen) atoms. The standard InChI is InChI=1S/C13H20ClN3/c1-16-3-2-4-17(6-5-16)10-11-7-12(14)9-13(15)8-11/h7-9H,2-6,10,15H2,1H3. The van der Waals surface area contributed by atoms with Gasteiger partial charge in [0.2, 0.25) is 0 Å². The Morgan fingerprint density at radius 2 is 2.00 bits per heavy atom. The van der Waals surface area contributed by atoms with Crippen LogP contribution in [0.15, 0.2) is 18.2 Å². The molecule has 2 rings (SSSR count). The lowest BCUT2D eigenvalue weighted by atomic mass is 10.2. The average Bonchev–Trinajstić information content (AvgIpc) is 2.42. The number of benzene rings is 1. The lowest BCUT2D eigenvalue weighted by molar-refractivity contribution is 0.269. The molecule has 4 heteroatoms. The van der Waals surface area contributed by atoms with Gasteiger partial charge in [0.15, 0.2) is 0 Å². The molecule has 0 saturated carbocycles. The maximum atomic E-state index is 6.02. The second-order valence-corrected chi connectivity index (χ2v) is 5.26. The summed E-state index contributed by atoms with van der Waals surface area (Å²) in [4.78, 5) is 4.85.